The van der Waals surface area contributed by atoms with E-state index in [0.717, 1.165) is 0 Å². The zero-order valence-corrected chi connectivity index (χ0v) is 9.90. The lowest BCUT2D eigenvalue weighted by molar-refractivity contribution is -0.116. The second kappa shape index (κ2) is 5.82. The normalized spacial score (nSPS) is 10.1. The van der Waals surface area contributed by atoms with Gasteiger partial charge < -0.3 is 10.6 Å². The van der Waals surface area contributed by atoms with Crippen LogP contribution in [0.25, 0.3) is 0 Å². The van der Waals surface area contributed by atoms with E-state index in [-0.39, 0.29) is 11.7 Å². The van der Waals surface area contributed by atoms with Gasteiger partial charge in [-0.1, -0.05) is 0 Å². The molecule has 3 nitrogen and oxygen atoms in total. The van der Waals surface area contributed by atoms with E-state index in [1.165, 1.54) is 6.07 Å². The van der Waals surface area contributed by atoms with Crippen molar-refractivity contribution in [2.45, 2.75) is 6.42 Å². The van der Waals surface area contributed by atoms with Crippen molar-refractivity contribution in [1.29, 1.82) is 0 Å². The van der Waals surface area contributed by atoms with E-state index >= 15 is 0 Å². The number of anilines is 1. The van der Waals surface area contributed by atoms with Crippen LogP contribution in [0.15, 0.2) is 22.7 Å². The highest BCUT2D eigenvalue weighted by Crippen LogP contribution is 2.19. The molecule has 0 unspecified atom stereocenters. The van der Waals surface area contributed by atoms with Gasteiger partial charge in [-0.3, -0.25) is 4.79 Å². The highest BCUT2D eigenvalue weighted by Gasteiger charge is 2.04. The smallest absolute Gasteiger partial charge is 0.225 e. The molecule has 0 saturated carbocycles. The molecule has 0 saturated heterocycles. The van der Waals surface area contributed by atoms with Gasteiger partial charge >= 0.3 is 0 Å². The van der Waals surface area contributed by atoms with Crippen molar-refractivity contribution in [3.8, 4) is 0 Å². The second-order valence-electron chi connectivity index (χ2n) is 3.03. The molecule has 5 heteroatoms. The van der Waals surface area contributed by atoms with Crippen molar-refractivity contribution in [1.82, 2.24) is 5.32 Å². The van der Waals surface area contributed by atoms with Crippen LogP contribution in [0.1, 0.15) is 6.42 Å². The zero-order chi connectivity index (χ0) is 11.3. The maximum Gasteiger partial charge on any atom is 0.225 e. The SMILES string of the molecule is CNCCC(=O)Nc1ccc(Br)c(F)c1. The number of hydrogen-bond acceptors (Lipinski definition) is 2. The molecular weight excluding hydrogens is 263 g/mol. The van der Waals surface area contributed by atoms with Crippen molar-refractivity contribution in [2.24, 2.45) is 0 Å². The topological polar surface area (TPSA) is 41.1 Å². The Bertz CT molecular complexity index is 357. The van der Waals surface area contributed by atoms with Gasteiger partial charge in [0.25, 0.3) is 0 Å². The molecule has 15 heavy (non-hydrogen) atoms. The Hall–Kier alpha value is -0.940. The van der Waals surface area contributed by atoms with E-state index in [1.807, 2.05) is 0 Å². The lowest BCUT2D eigenvalue weighted by Gasteiger charge is -2.05. The Kier molecular flexibility index (Phi) is 4.71. The van der Waals surface area contributed by atoms with E-state index in [1.54, 1.807) is 19.2 Å². The standard InChI is InChI=1S/C10H12BrFN2O/c1-13-5-4-10(15)14-7-2-3-8(11)9(12)6-7/h2-3,6,13H,4-5H2,1H3,(H,14,15). The van der Waals surface area contributed by atoms with E-state index in [2.05, 4.69) is 26.6 Å². The van der Waals surface area contributed by atoms with E-state index < -0.39 is 0 Å². The van der Waals surface area contributed by atoms with Gasteiger partial charge in [0.05, 0.1) is 4.47 Å². The van der Waals surface area contributed by atoms with Gasteiger partial charge in [0.2, 0.25) is 5.91 Å². The lowest BCUT2D eigenvalue weighted by Crippen LogP contribution is -2.18. The van der Waals surface area contributed by atoms with Crippen molar-refractivity contribution in [2.75, 3.05) is 18.9 Å². The molecular formula is C10H12BrFN2O. The minimum Gasteiger partial charge on any atom is -0.326 e. The summed E-state index contributed by atoms with van der Waals surface area (Å²) in [7, 11) is 1.77. The first-order chi connectivity index (χ1) is 7.13. The first kappa shape index (κ1) is 12.1. The molecule has 1 rings (SSSR count). The number of amides is 1. The number of rotatable bonds is 4. The highest BCUT2D eigenvalue weighted by molar-refractivity contribution is 9.10. The summed E-state index contributed by atoms with van der Waals surface area (Å²) in [6.45, 7) is 0.602. The first-order valence-corrected chi connectivity index (χ1v) is 5.32. The second-order valence-corrected chi connectivity index (χ2v) is 3.88. The van der Waals surface area contributed by atoms with Gasteiger partial charge in [-0.25, -0.2) is 4.39 Å². The molecule has 0 radical (unpaired) electrons. The van der Waals surface area contributed by atoms with E-state index in [4.69, 9.17) is 0 Å². The molecule has 1 amide bonds. The van der Waals surface area contributed by atoms with Gasteiger partial charge in [-0.2, -0.15) is 0 Å². The Labute approximate surface area is 96.2 Å². The van der Waals surface area contributed by atoms with Crippen LogP contribution in [0.2, 0.25) is 0 Å². The van der Waals surface area contributed by atoms with Crippen molar-refractivity contribution >= 4 is 27.5 Å². The first-order valence-electron chi connectivity index (χ1n) is 4.53. The fourth-order valence-electron chi connectivity index (χ4n) is 1.04. The molecule has 0 bridgehead atoms. The summed E-state index contributed by atoms with van der Waals surface area (Å²) in [5.74, 6) is -0.521. The molecule has 0 aromatic heterocycles. The Balaban J connectivity index is 2.57. The van der Waals surface area contributed by atoms with Crippen LogP contribution in [-0.2, 0) is 4.79 Å². The molecule has 0 fully saturated rings. The van der Waals surface area contributed by atoms with Crippen LogP contribution >= 0.6 is 15.9 Å². The lowest BCUT2D eigenvalue weighted by atomic mass is 10.3. The quantitative estimate of drug-likeness (QED) is 0.883. The van der Waals surface area contributed by atoms with E-state index in [0.29, 0.717) is 23.1 Å². The molecule has 0 aliphatic heterocycles. The molecule has 0 aliphatic carbocycles. The highest BCUT2D eigenvalue weighted by atomic mass is 79.9. The molecule has 0 atom stereocenters. The number of carbonyl (C=O) groups is 1. The molecule has 0 aliphatic rings. The molecule has 2 N–H and O–H groups in total. The summed E-state index contributed by atoms with van der Waals surface area (Å²) >= 11 is 3.04. The van der Waals surface area contributed by atoms with Gasteiger partial charge in [-0.05, 0) is 41.2 Å². The average molecular weight is 275 g/mol. The summed E-state index contributed by atoms with van der Waals surface area (Å²) < 4.78 is 13.5. The van der Waals surface area contributed by atoms with Crippen molar-refractivity contribution in [3.63, 3.8) is 0 Å². The summed E-state index contributed by atoms with van der Waals surface area (Å²) in [5.41, 5.74) is 0.469. The van der Waals surface area contributed by atoms with Crippen LogP contribution < -0.4 is 10.6 Å². The third-order valence-corrected chi connectivity index (χ3v) is 2.45. The van der Waals surface area contributed by atoms with Gasteiger partial charge in [-0.15, -0.1) is 0 Å². The molecule has 0 heterocycles. The number of hydrogen-bond donors (Lipinski definition) is 2. The molecule has 1 aromatic rings. The van der Waals surface area contributed by atoms with Crippen LogP contribution in [0.5, 0.6) is 0 Å². The molecule has 0 spiro atoms. The maximum atomic E-state index is 13.1. The Morgan fingerprint density at radius 2 is 2.27 bits per heavy atom. The largest absolute Gasteiger partial charge is 0.326 e. The molecule has 82 valence electrons. The number of halogens is 2. The summed E-state index contributed by atoms with van der Waals surface area (Å²) in [4.78, 5) is 11.3. The van der Waals surface area contributed by atoms with Crippen molar-refractivity contribution in [3.05, 3.63) is 28.5 Å². The third kappa shape index (κ3) is 3.97. The fourth-order valence-corrected chi connectivity index (χ4v) is 1.28. The monoisotopic (exact) mass is 274 g/mol. The number of benzene rings is 1. The van der Waals surface area contributed by atoms with Crippen LogP contribution in [0.3, 0.4) is 0 Å². The van der Waals surface area contributed by atoms with Crippen LogP contribution in [0.4, 0.5) is 10.1 Å². The Morgan fingerprint density at radius 3 is 2.87 bits per heavy atom. The van der Waals surface area contributed by atoms with Crippen molar-refractivity contribution < 1.29 is 9.18 Å². The Morgan fingerprint density at radius 1 is 1.53 bits per heavy atom. The number of nitrogens with one attached hydrogen (secondary N) is 2. The maximum absolute atomic E-state index is 13.1. The minimum atomic E-state index is -0.388. The summed E-state index contributed by atoms with van der Waals surface area (Å²) in [6, 6.07) is 4.48. The number of carbonyl (C=O) groups excluding carboxylic acids is 1. The van der Waals surface area contributed by atoms with Crippen LogP contribution in [-0.4, -0.2) is 19.5 Å². The van der Waals surface area contributed by atoms with Gasteiger partial charge in [0, 0.05) is 18.7 Å². The van der Waals surface area contributed by atoms with E-state index in [9.17, 15) is 9.18 Å². The third-order valence-electron chi connectivity index (χ3n) is 1.81. The zero-order valence-electron chi connectivity index (χ0n) is 8.31. The van der Waals surface area contributed by atoms with Gasteiger partial charge in [0.1, 0.15) is 5.82 Å². The summed E-state index contributed by atoms with van der Waals surface area (Å²) in [6.07, 6.45) is 0.369. The fraction of sp³-hybridized carbons (Fsp3) is 0.300. The predicted octanol–water partition coefficient (Wildman–Crippen LogP) is 2.14. The van der Waals surface area contributed by atoms with Crippen LogP contribution in [0, 0.1) is 5.82 Å². The summed E-state index contributed by atoms with van der Waals surface area (Å²) in [5, 5.41) is 5.47. The average Bonchev–Trinajstić information content (AvgIpc) is 2.20. The minimum absolute atomic E-state index is 0.133. The van der Waals surface area contributed by atoms with Gasteiger partial charge in [0.15, 0.2) is 0 Å². The predicted molar refractivity (Wildman–Crippen MR) is 61.3 cm³/mol. The molecule has 1 aromatic carbocycles.